The smallest absolute Gasteiger partial charge is 0.266 e. The molecule has 2 aliphatic heterocycles. The molecular weight excluding hydrogens is 1330 g/mol. The summed E-state index contributed by atoms with van der Waals surface area (Å²) in [4.78, 5) is 98.1. The zero-order valence-corrected chi connectivity index (χ0v) is 62.0. The molecule has 0 atom stereocenters. The Morgan fingerprint density at radius 2 is 0.615 bits per heavy atom. The predicted molar refractivity (Wildman–Crippen MR) is 424 cm³/mol. The van der Waals surface area contributed by atoms with Gasteiger partial charge in [0.15, 0.2) is 0 Å². The van der Waals surface area contributed by atoms with Crippen LogP contribution in [0.4, 0.5) is 69.8 Å². The number of nitrogens with one attached hydrogen (secondary N) is 6. The van der Waals surface area contributed by atoms with Gasteiger partial charge in [-0.3, -0.25) is 19.2 Å². The number of imide groups is 2. The van der Waals surface area contributed by atoms with Gasteiger partial charge in [0.2, 0.25) is 35.7 Å². The van der Waals surface area contributed by atoms with Crippen LogP contribution in [0.2, 0.25) is 0 Å². The lowest BCUT2D eigenvalue weighted by Gasteiger charge is -2.34. The van der Waals surface area contributed by atoms with Gasteiger partial charge in [-0.2, -0.15) is 29.9 Å². The normalized spacial score (nSPS) is 13.0. The van der Waals surface area contributed by atoms with Crippen molar-refractivity contribution in [2.24, 2.45) is 0 Å². The molecule has 15 rings (SSSR count). The Morgan fingerprint density at radius 1 is 0.317 bits per heavy atom. The third-order valence-corrected chi connectivity index (χ3v) is 21.3. The Balaban J connectivity index is 0.915. The molecule has 0 aliphatic carbocycles. The Bertz CT molecular complexity index is 5280. The molecule has 0 fully saturated rings. The zero-order valence-electron chi connectivity index (χ0n) is 60.3. The average Bonchev–Trinajstić information content (AvgIpc) is 0.676. The predicted octanol–water partition coefficient (Wildman–Crippen LogP) is 20.8. The Labute approximate surface area is 612 Å². The molecule has 13 aromatic rings. The summed E-state index contributed by atoms with van der Waals surface area (Å²) < 4.78 is 0. The number of benzene rings is 11. The number of aromatic nitrogens is 6. The monoisotopic (exact) mass is 1410 g/mol. The summed E-state index contributed by atoms with van der Waals surface area (Å²) in [5, 5.41) is 25.2. The van der Waals surface area contributed by atoms with Crippen LogP contribution in [0.1, 0.15) is 165 Å². The van der Waals surface area contributed by atoms with E-state index in [0.717, 1.165) is 97.0 Å². The van der Waals surface area contributed by atoms with Crippen molar-refractivity contribution in [3.63, 3.8) is 0 Å². The fraction of sp³-hybridized carbons (Fsp3) is 0.214. The van der Waals surface area contributed by atoms with Crippen molar-refractivity contribution in [1.29, 1.82) is 0 Å². The highest BCUT2D eigenvalue weighted by atomic mass is 32.2. The molecular formula is C84H78N14O4S2. The topological polar surface area (TPSA) is 224 Å². The van der Waals surface area contributed by atoms with Crippen molar-refractivity contribution in [2.45, 2.75) is 126 Å². The van der Waals surface area contributed by atoms with Gasteiger partial charge in [0.25, 0.3) is 23.6 Å². The number of hydrogen-bond acceptors (Lipinski definition) is 18. The first-order chi connectivity index (χ1) is 50.0. The lowest BCUT2D eigenvalue weighted by Crippen LogP contribution is -2.42. The molecule has 18 nitrogen and oxygen atoms in total. The summed E-state index contributed by atoms with van der Waals surface area (Å²) in [6.07, 6.45) is 0. The van der Waals surface area contributed by atoms with Crippen LogP contribution in [0, 0.1) is 27.7 Å². The third-order valence-electron chi connectivity index (χ3n) is 19.2. The maximum absolute atomic E-state index is 16.2. The van der Waals surface area contributed by atoms with Crippen LogP contribution in [0.5, 0.6) is 0 Å². The second-order valence-electron chi connectivity index (χ2n) is 28.1. The average molecular weight is 1410 g/mol. The minimum absolute atomic E-state index is 0.0244. The van der Waals surface area contributed by atoms with E-state index in [4.69, 9.17) is 9.97 Å². The molecule has 4 amide bonds. The molecule has 520 valence electrons. The van der Waals surface area contributed by atoms with Crippen molar-refractivity contribution in [1.82, 2.24) is 29.9 Å². The molecule has 11 aromatic carbocycles. The molecule has 0 unspecified atom stereocenters. The molecule has 6 N–H and O–H groups in total. The first-order valence-corrected chi connectivity index (χ1v) is 36.6. The van der Waals surface area contributed by atoms with Gasteiger partial charge in [-0.1, -0.05) is 140 Å². The van der Waals surface area contributed by atoms with Gasteiger partial charge in [-0.25, -0.2) is 9.80 Å². The number of carbonyl (C=O) groups is 4. The van der Waals surface area contributed by atoms with E-state index in [2.05, 4.69) is 119 Å². The number of aryl methyl sites for hydroxylation is 4. The van der Waals surface area contributed by atoms with Gasteiger partial charge in [0, 0.05) is 99.9 Å². The highest BCUT2D eigenvalue weighted by molar-refractivity contribution is 8.00. The molecule has 20 heteroatoms. The van der Waals surface area contributed by atoms with E-state index in [0.29, 0.717) is 102 Å². The number of para-hydroxylation sites is 2. The number of anilines is 12. The van der Waals surface area contributed by atoms with Gasteiger partial charge in [-0.15, -0.1) is 0 Å². The Kier molecular flexibility index (Phi) is 17.8. The Hall–Kier alpha value is -11.5. The molecule has 0 bridgehead atoms. The number of fused-ring (bicyclic) bond motifs is 2. The Morgan fingerprint density at radius 3 is 0.923 bits per heavy atom. The minimum atomic E-state index is -0.432. The van der Waals surface area contributed by atoms with Crippen LogP contribution < -0.4 is 41.7 Å². The van der Waals surface area contributed by atoms with E-state index in [1.165, 1.54) is 33.3 Å². The first-order valence-electron chi connectivity index (χ1n) is 35.0. The van der Waals surface area contributed by atoms with Crippen LogP contribution in [0.3, 0.4) is 0 Å². The van der Waals surface area contributed by atoms with Gasteiger partial charge in [0.05, 0.1) is 22.5 Å². The summed E-state index contributed by atoms with van der Waals surface area (Å²) in [7, 11) is 3.52. The number of hydrogen-bond donors (Lipinski definition) is 6. The fourth-order valence-electron chi connectivity index (χ4n) is 14.8. The SMILES string of the molecule is CNc1nc(Nc2ccc(Sc3cc4c5c(ccc6c7c(Sc8ccc(Nc9nc(NC)nc(Nc%10cc(C)cc(C)c%10)n9)cc8)cc8c9c(ccc(c3c56)c97)C(=O)N(c3c(C(C)C)cccc3C(C)C)C8=O)C(=O)N(c3c(C(C)C)cccc3C(C)C)C4=O)cc2)nc(Nc2cc(C)cc(C)c2)n1. The molecule has 4 heterocycles. The van der Waals surface area contributed by atoms with Crippen LogP contribution in [0.25, 0.3) is 43.1 Å². The standard InChI is InChI=1S/C84H78N14O4S2/c1-41(2)55-17-15-18-56(42(3)4)73(55)97-75(99)61-31-29-59-70-66(104-54-27-23-50(24-28-54)88-82-92-80(86-14)94-84(96-82)90-52-37-47(11)34-48(12)38-52)40-64-68-62(76(100)98(78(64)102)74-57(43(5)6)19-16-20-58(74)44(7)8)32-30-60(72(68)70)69-65(39-63(77(97)101)67(61)71(59)69)103-53-25-21-49(22-26-53)87-81-91-79(85-13)93-83(95-81)89-51-35-45(9)33-46(10)36-51/h15-44H,1-14H3,(H3,85,87,89,91,93,95)(H3,86,88,90,92,94,96). The maximum Gasteiger partial charge on any atom is 0.266 e. The lowest BCUT2D eigenvalue weighted by atomic mass is 9.81. The van der Waals surface area contributed by atoms with Crippen molar-refractivity contribution in [3.8, 4) is 0 Å². The summed E-state index contributed by atoms with van der Waals surface area (Å²) in [6, 6.07) is 51.9. The highest BCUT2D eigenvalue weighted by Crippen LogP contribution is 2.55. The van der Waals surface area contributed by atoms with E-state index < -0.39 is 23.6 Å². The van der Waals surface area contributed by atoms with E-state index >= 15 is 19.2 Å². The second-order valence-corrected chi connectivity index (χ2v) is 30.3. The summed E-state index contributed by atoms with van der Waals surface area (Å²) in [5.41, 5.74) is 13.8. The van der Waals surface area contributed by atoms with Gasteiger partial charge >= 0.3 is 0 Å². The summed E-state index contributed by atoms with van der Waals surface area (Å²) in [6.45, 7) is 24.9. The van der Waals surface area contributed by atoms with Crippen molar-refractivity contribution >= 4 is 160 Å². The molecule has 0 radical (unpaired) electrons. The molecule has 0 saturated heterocycles. The quantitative estimate of drug-likeness (QED) is 0.0237. The molecule has 0 saturated carbocycles. The van der Waals surface area contributed by atoms with E-state index in [1.54, 1.807) is 14.1 Å². The lowest BCUT2D eigenvalue weighted by molar-refractivity contribution is 0.0877. The number of rotatable bonds is 20. The van der Waals surface area contributed by atoms with E-state index in [-0.39, 0.29) is 23.7 Å². The summed E-state index contributed by atoms with van der Waals surface area (Å²) in [5.74, 6) is 0.308. The van der Waals surface area contributed by atoms with Gasteiger partial charge in [-0.05, 0) is 204 Å². The number of nitrogens with zero attached hydrogens (tertiary/aromatic N) is 8. The fourth-order valence-corrected chi connectivity index (χ4v) is 16.8. The molecule has 2 aliphatic rings. The van der Waals surface area contributed by atoms with Gasteiger partial charge in [0.1, 0.15) is 0 Å². The van der Waals surface area contributed by atoms with Crippen molar-refractivity contribution < 1.29 is 19.2 Å². The number of amides is 4. The van der Waals surface area contributed by atoms with Crippen molar-refractivity contribution in [3.05, 3.63) is 224 Å². The molecule has 0 spiro atoms. The molecule has 104 heavy (non-hydrogen) atoms. The molecule has 2 aromatic heterocycles. The first kappa shape index (κ1) is 68.3. The maximum atomic E-state index is 16.2. The zero-order chi connectivity index (χ0) is 72.8. The third kappa shape index (κ3) is 12.3. The van der Waals surface area contributed by atoms with Crippen molar-refractivity contribution in [2.75, 3.05) is 55.8 Å². The largest absolute Gasteiger partial charge is 0.357 e. The second kappa shape index (κ2) is 27.0. The van der Waals surface area contributed by atoms with Crippen LogP contribution in [-0.2, 0) is 0 Å². The minimum Gasteiger partial charge on any atom is -0.357 e. The van der Waals surface area contributed by atoms with Crippen LogP contribution in [-0.4, -0.2) is 67.6 Å². The van der Waals surface area contributed by atoms with Crippen LogP contribution >= 0.6 is 23.5 Å². The summed E-state index contributed by atoms with van der Waals surface area (Å²) >= 11 is 2.98. The van der Waals surface area contributed by atoms with E-state index in [1.807, 2.05) is 173 Å². The van der Waals surface area contributed by atoms with Crippen LogP contribution in [0.15, 0.2) is 177 Å². The number of carbonyl (C=O) groups excluding carboxylic acids is 4. The van der Waals surface area contributed by atoms with Gasteiger partial charge < -0.3 is 31.9 Å². The highest BCUT2D eigenvalue weighted by Gasteiger charge is 2.42. The van der Waals surface area contributed by atoms with E-state index in [9.17, 15) is 0 Å².